The first-order chi connectivity index (χ1) is 6.69. The highest BCUT2D eigenvalue weighted by Crippen LogP contribution is 2.08. The minimum Gasteiger partial charge on any atom is -0.469 e. The van der Waals surface area contributed by atoms with Gasteiger partial charge in [0.2, 0.25) is 0 Å². The monoisotopic (exact) mass is 197 g/mol. The van der Waals surface area contributed by atoms with Gasteiger partial charge in [0, 0.05) is 0 Å². The molecule has 14 heavy (non-hydrogen) atoms. The molecule has 1 heterocycles. The second-order valence-electron chi connectivity index (χ2n) is 3.15. The first-order valence-electron chi connectivity index (χ1n) is 4.64. The van der Waals surface area contributed by atoms with Gasteiger partial charge >= 0.3 is 0 Å². The van der Waals surface area contributed by atoms with E-state index < -0.39 is 0 Å². The van der Waals surface area contributed by atoms with Crippen molar-refractivity contribution in [2.75, 3.05) is 6.61 Å². The molecule has 0 aliphatic carbocycles. The molecule has 0 aromatic carbocycles. The van der Waals surface area contributed by atoms with Gasteiger partial charge in [-0.05, 0) is 19.4 Å². The standard InChI is InChI=1S/C10H15NO3/c1-3-8(6-12)11-10(13)9-4-5-14-7(9)2/h4-5,8,12H,3,6H2,1-2H3,(H,11,13). The molecule has 1 rings (SSSR count). The average Bonchev–Trinajstić information content (AvgIpc) is 2.60. The van der Waals surface area contributed by atoms with Crippen molar-refractivity contribution < 1.29 is 14.3 Å². The first kappa shape index (κ1) is 10.8. The Morgan fingerprint density at radius 2 is 2.43 bits per heavy atom. The Labute approximate surface area is 82.9 Å². The topological polar surface area (TPSA) is 62.5 Å². The number of hydrogen-bond acceptors (Lipinski definition) is 3. The zero-order chi connectivity index (χ0) is 10.6. The summed E-state index contributed by atoms with van der Waals surface area (Å²) in [4.78, 5) is 11.6. The predicted molar refractivity (Wildman–Crippen MR) is 52.1 cm³/mol. The molecule has 1 amide bonds. The number of nitrogens with one attached hydrogen (secondary N) is 1. The van der Waals surface area contributed by atoms with Crippen molar-refractivity contribution in [2.24, 2.45) is 0 Å². The maximum Gasteiger partial charge on any atom is 0.255 e. The van der Waals surface area contributed by atoms with Gasteiger partial charge in [0.05, 0.1) is 24.5 Å². The summed E-state index contributed by atoms with van der Waals surface area (Å²) in [5, 5.41) is 11.6. The van der Waals surface area contributed by atoms with Crippen LogP contribution >= 0.6 is 0 Å². The lowest BCUT2D eigenvalue weighted by molar-refractivity contribution is 0.0913. The van der Waals surface area contributed by atoms with Crippen LogP contribution in [0.5, 0.6) is 0 Å². The minimum absolute atomic E-state index is 0.0425. The zero-order valence-electron chi connectivity index (χ0n) is 8.41. The molecule has 0 fully saturated rings. The van der Waals surface area contributed by atoms with E-state index in [1.54, 1.807) is 13.0 Å². The zero-order valence-corrected chi connectivity index (χ0v) is 8.41. The summed E-state index contributed by atoms with van der Waals surface area (Å²) in [5.41, 5.74) is 0.525. The van der Waals surface area contributed by atoms with Crippen LogP contribution in [0.15, 0.2) is 16.7 Å². The van der Waals surface area contributed by atoms with E-state index in [1.807, 2.05) is 6.92 Å². The molecule has 1 aromatic heterocycles. The number of carbonyl (C=O) groups excluding carboxylic acids is 1. The number of carbonyl (C=O) groups is 1. The molecule has 4 heteroatoms. The molecule has 0 bridgehead atoms. The van der Waals surface area contributed by atoms with Crippen molar-refractivity contribution in [3.63, 3.8) is 0 Å². The molecule has 4 nitrogen and oxygen atoms in total. The largest absolute Gasteiger partial charge is 0.469 e. The normalized spacial score (nSPS) is 12.5. The summed E-state index contributed by atoms with van der Waals surface area (Å²) >= 11 is 0. The van der Waals surface area contributed by atoms with Crippen LogP contribution < -0.4 is 5.32 Å². The van der Waals surface area contributed by atoms with Crippen LogP contribution in [0.25, 0.3) is 0 Å². The lowest BCUT2D eigenvalue weighted by Gasteiger charge is -2.13. The molecule has 0 aliphatic heterocycles. The second-order valence-corrected chi connectivity index (χ2v) is 3.15. The lowest BCUT2D eigenvalue weighted by Crippen LogP contribution is -2.36. The Morgan fingerprint density at radius 1 is 1.71 bits per heavy atom. The molecule has 1 aromatic rings. The van der Waals surface area contributed by atoms with E-state index in [-0.39, 0.29) is 18.6 Å². The van der Waals surface area contributed by atoms with Crippen molar-refractivity contribution in [3.8, 4) is 0 Å². The van der Waals surface area contributed by atoms with Crippen LogP contribution in [0, 0.1) is 6.92 Å². The molecule has 78 valence electrons. The van der Waals surface area contributed by atoms with E-state index in [9.17, 15) is 4.79 Å². The van der Waals surface area contributed by atoms with Crippen LogP contribution in [0.3, 0.4) is 0 Å². The maximum absolute atomic E-state index is 11.6. The quantitative estimate of drug-likeness (QED) is 0.759. The number of rotatable bonds is 4. The fourth-order valence-corrected chi connectivity index (χ4v) is 1.16. The Morgan fingerprint density at radius 3 is 2.86 bits per heavy atom. The Bertz CT molecular complexity index is 302. The molecule has 0 saturated heterocycles. The minimum atomic E-state index is -0.197. The molecule has 1 atom stereocenters. The lowest BCUT2D eigenvalue weighted by atomic mass is 10.2. The van der Waals surface area contributed by atoms with Gasteiger partial charge < -0.3 is 14.8 Å². The van der Waals surface area contributed by atoms with Gasteiger partial charge in [-0.1, -0.05) is 6.92 Å². The second kappa shape index (κ2) is 4.81. The van der Waals surface area contributed by atoms with Crippen LogP contribution in [0.4, 0.5) is 0 Å². The van der Waals surface area contributed by atoms with Gasteiger partial charge in [0.1, 0.15) is 5.76 Å². The number of aliphatic hydroxyl groups is 1. The molecular formula is C10H15NO3. The Hall–Kier alpha value is -1.29. The fraction of sp³-hybridized carbons (Fsp3) is 0.500. The molecule has 0 spiro atoms. The number of furan rings is 1. The number of aryl methyl sites for hydroxylation is 1. The molecule has 0 saturated carbocycles. The van der Waals surface area contributed by atoms with Crippen molar-refractivity contribution in [2.45, 2.75) is 26.3 Å². The highest BCUT2D eigenvalue weighted by molar-refractivity contribution is 5.95. The van der Waals surface area contributed by atoms with Gasteiger partial charge in [-0.2, -0.15) is 0 Å². The van der Waals surface area contributed by atoms with Gasteiger partial charge in [-0.15, -0.1) is 0 Å². The van der Waals surface area contributed by atoms with E-state index in [0.29, 0.717) is 17.7 Å². The van der Waals surface area contributed by atoms with Crippen molar-refractivity contribution in [1.82, 2.24) is 5.32 Å². The molecular weight excluding hydrogens is 182 g/mol. The van der Waals surface area contributed by atoms with E-state index in [0.717, 1.165) is 0 Å². The number of aliphatic hydroxyl groups excluding tert-OH is 1. The molecule has 0 aliphatic rings. The van der Waals surface area contributed by atoms with Crippen LogP contribution in [-0.4, -0.2) is 23.7 Å². The van der Waals surface area contributed by atoms with Gasteiger partial charge in [0.15, 0.2) is 0 Å². The van der Waals surface area contributed by atoms with Crippen LogP contribution in [-0.2, 0) is 0 Å². The van der Waals surface area contributed by atoms with E-state index in [4.69, 9.17) is 9.52 Å². The van der Waals surface area contributed by atoms with E-state index in [2.05, 4.69) is 5.32 Å². The fourth-order valence-electron chi connectivity index (χ4n) is 1.16. The maximum atomic E-state index is 11.6. The average molecular weight is 197 g/mol. The molecule has 1 unspecified atom stereocenters. The van der Waals surface area contributed by atoms with E-state index in [1.165, 1.54) is 6.26 Å². The van der Waals surface area contributed by atoms with Gasteiger partial charge in [-0.25, -0.2) is 0 Å². The van der Waals surface area contributed by atoms with Gasteiger partial charge in [-0.3, -0.25) is 4.79 Å². The van der Waals surface area contributed by atoms with Crippen molar-refractivity contribution in [3.05, 3.63) is 23.7 Å². The van der Waals surface area contributed by atoms with E-state index >= 15 is 0 Å². The predicted octanol–water partition coefficient (Wildman–Crippen LogP) is 1.09. The third-order valence-electron chi connectivity index (χ3n) is 2.15. The van der Waals surface area contributed by atoms with Crippen LogP contribution in [0.1, 0.15) is 29.5 Å². The van der Waals surface area contributed by atoms with Crippen molar-refractivity contribution in [1.29, 1.82) is 0 Å². The SMILES string of the molecule is CCC(CO)NC(=O)c1ccoc1C. The Balaban J connectivity index is 2.63. The summed E-state index contributed by atoms with van der Waals surface area (Å²) in [6.45, 7) is 3.59. The molecule has 2 N–H and O–H groups in total. The molecule has 0 radical (unpaired) electrons. The van der Waals surface area contributed by atoms with Crippen LogP contribution in [0.2, 0.25) is 0 Å². The van der Waals surface area contributed by atoms with Gasteiger partial charge in [0.25, 0.3) is 5.91 Å². The van der Waals surface area contributed by atoms with Crippen molar-refractivity contribution >= 4 is 5.91 Å². The number of hydrogen-bond donors (Lipinski definition) is 2. The summed E-state index contributed by atoms with van der Waals surface area (Å²) in [7, 11) is 0. The summed E-state index contributed by atoms with van der Waals surface area (Å²) in [6.07, 6.45) is 2.18. The first-order valence-corrected chi connectivity index (χ1v) is 4.64. The smallest absolute Gasteiger partial charge is 0.255 e. The highest BCUT2D eigenvalue weighted by Gasteiger charge is 2.14. The third kappa shape index (κ3) is 2.35. The summed E-state index contributed by atoms with van der Waals surface area (Å²) < 4.78 is 5.01. The highest BCUT2D eigenvalue weighted by atomic mass is 16.3. The Kier molecular flexibility index (Phi) is 3.71. The third-order valence-corrected chi connectivity index (χ3v) is 2.15. The summed E-state index contributed by atoms with van der Waals surface area (Å²) in [6, 6.07) is 1.44. The number of amides is 1. The summed E-state index contributed by atoms with van der Waals surface area (Å²) in [5.74, 6) is 0.396.